The fourth-order valence-corrected chi connectivity index (χ4v) is 3.13. The number of carbonyl (C=O) groups is 3. The summed E-state index contributed by atoms with van der Waals surface area (Å²) in [7, 11) is 0. The van der Waals surface area contributed by atoms with Gasteiger partial charge in [-0.25, -0.2) is 4.90 Å². The highest BCUT2D eigenvalue weighted by Crippen LogP contribution is 2.28. The van der Waals surface area contributed by atoms with E-state index in [4.69, 9.17) is 4.42 Å². The lowest BCUT2D eigenvalue weighted by molar-refractivity contribution is -0.139. The lowest BCUT2D eigenvalue weighted by Crippen LogP contribution is -2.44. The molecule has 0 bridgehead atoms. The topological polar surface area (TPSA) is 70.8 Å². The van der Waals surface area contributed by atoms with Gasteiger partial charge in [-0.05, 0) is 36.4 Å². The van der Waals surface area contributed by atoms with E-state index in [0.717, 1.165) is 9.37 Å². The van der Waals surface area contributed by atoms with Gasteiger partial charge < -0.3 is 9.32 Å². The molecule has 1 aromatic heterocycles. The van der Waals surface area contributed by atoms with Gasteiger partial charge in [0.2, 0.25) is 11.8 Å². The Balaban J connectivity index is 1.87. The zero-order chi connectivity index (χ0) is 18.0. The Morgan fingerprint density at radius 1 is 1.28 bits per heavy atom. The first-order valence-corrected chi connectivity index (χ1v) is 8.74. The summed E-state index contributed by atoms with van der Waals surface area (Å²) in [5.74, 6) is -0.323. The van der Waals surface area contributed by atoms with Crippen LogP contribution in [0.1, 0.15) is 25.5 Å². The first-order chi connectivity index (χ1) is 12.0. The molecule has 1 fully saturated rings. The summed E-state index contributed by atoms with van der Waals surface area (Å²) in [6.45, 7) is 1.89. The van der Waals surface area contributed by atoms with Crippen molar-refractivity contribution in [1.82, 2.24) is 4.90 Å². The molecule has 1 aliphatic heterocycles. The van der Waals surface area contributed by atoms with E-state index in [0.29, 0.717) is 11.4 Å². The molecule has 0 radical (unpaired) electrons. The molecule has 0 saturated carbocycles. The Morgan fingerprint density at radius 2 is 2.00 bits per heavy atom. The predicted octanol–water partition coefficient (Wildman–Crippen LogP) is 3.11. The van der Waals surface area contributed by atoms with Crippen molar-refractivity contribution in [2.45, 2.75) is 32.4 Å². The minimum Gasteiger partial charge on any atom is -0.467 e. The molecule has 0 aliphatic carbocycles. The standard InChI is InChI=1S/C18H17BrN2O4/c1-2-16(22)20(11-14-4-3-9-25-14)15-10-17(23)21(18(15)24)13-7-5-12(19)6-8-13/h3-9,15H,2,10-11H2,1H3. The number of rotatable bonds is 5. The number of benzene rings is 1. The van der Waals surface area contributed by atoms with Crippen molar-refractivity contribution >= 4 is 39.3 Å². The average molecular weight is 405 g/mol. The Kier molecular flexibility index (Phi) is 5.03. The van der Waals surface area contributed by atoms with Gasteiger partial charge in [-0.3, -0.25) is 14.4 Å². The van der Waals surface area contributed by atoms with Gasteiger partial charge in [0.1, 0.15) is 11.8 Å². The number of anilines is 1. The highest BCUT2D eigenvalue weighted by Gasteiger charge is 2.44. The van der Waals surface area contributed by atoms with Crippen LogP contribution in [-0.2, 0) is 20.9 Å². The van der Waals surface area contributed by atoms with Crippen LogP contribution in [0.2, 0.25) is 0 Å². The summed E-state index contributed by atoms with van der Waals surface area (Å²) < 4.78 is 6.15. The molecule has 1 aromatic carbocycles. The number of amides is 3. The number of nitrogens with zero attached hydrogens (tertiary/aromatic N) is 2. The van der Waals surface area contributed by atoms with Crippen molar-refractivity contribution in [2.75, 3.05) is 4.90 Å². The Bertz CT molecular complexity index is 786. The number of furan rings is 1. The lowest BCUT2D eigenvalue weighted by atomic mass is 10.2. The van der Waals surface area contributed by atoms with E-state index in [-0.39, 0.29) is 37.1 Å². The molecule has 3 amide bonds. The molecule has 1 atom stereocenters. The maximum absolute atomic E-state index is 12.9. The molecule has 25 heavy (non-hydrogen) atoms. The van der Waals surface area contributed by atoms with Crippen LogP contribution in [0.4, 0.5) is 5.69 Å². The molecule has 1 saturated heterocycles. The van der Waals surface area contributed by atoms with Crippen molar-refractivity contribution in [2.24, 2.45) is 0 Å². The first-order valence-electron chi connectivity index (χ1n) is 7.95. The summed E-state index contributed by atoms with van der Waals surface area (Å²) >= 11 is 3.33. The number of carbonyl (C=O) groups excluding carboxylic acids is 3. The van der Waals surface area contributed by atoms with E-state index in [1.807, 2.05) is 0 Å². The third-order valence-corrected chi connectivity index (χ3v) is 4.64. The van der Waals surface area contributed by atoms with Crippen LogP contribution in [-0.4, -0.2) is 28.7 Å². The smallest absolute Gasteiger partial charge is 0.257 e. The van der Waals surface area contributed by atoms with E-state index in [9.17, 15) is 14.4 Å². The van der Waals surface area contributed by atoms with Crippen LogP contribution in [0.25, 0.3) is 0 Å². The van der Waals surface area contributed by atoms with Crippen LogP contribution >= 0.6 is 15.9 Å². The minimum atomic E-state index is -0.811. The largest absolute Gasteiger partial charge is 0.467 e. The predicted molar refractivity (Wildman–Crippen MR) is 94.6 cm³/mol. The summed E-state index contributed by atoms with van der Waals surface area (Å²) in [4.78, 5) is 40.2. The van der Waals surface area contributed by atoms with Crippen LogP contribution in [0.15, 0.2) is 51.6 Å². The Hall–Kier alpha value is -2.41. The molecule has 1 unspecified atom stereocenters. The van der Waals surface area contributed by atoms with Crippen LogP contribution < -0.4 is 4.90 Å². The molecular weight excluding hydrogens is 388 g/mol. The van der Waals surface area contributed by atoms with Crippen molar-refractivity contribution in [3.8, 4) is 0 Å². The highest BCUT2D eigenvalue weighted by atomic mass is 79.9. The molecule has 7 heteroatoms. The van der Waals surface area contributed by atoms with E-state index in [1.54, 1.807) is 43.3 Å². The van der Waals surface area contributed by atoms with Gasteiger partial charge in [-0.2, -0.15) is 0 Å². The first kappa shape index (κ1) is 17.4. The number of imide groups is 1. The molecule has 0 spiro atoms. The maximum atomic E-state index is 12.9. The van der Waals surface area contributed by atoms with Crippen LogP contribution in [0, 0.1) is 0 Å². The summed E-state index contributed by atoms with van der Waals surface area (Å²) in [6.07, 6.45) is 1.73. The molecule has 3 rings (SSSR count). The van der Waals surface area contributed by atoms with E-state index >= 15 is 0 Å². The second kappa shape index (κ2) is 7.23. The molecule has 2 heterocycles. The van der Waals surface area contributed by atoms with Crippen LogP contribution in [0.5, 0.6) is 0 Å². The molecule has 2 aromatic rings. The zero-order valence-corrected chi connectivity index (χ0v) is 15.2. The third kappa shape index (κ3) is 3.51. The minimum absolute atomic E-state index is 0.0264. The van der Waals surface area contributed by atoms with Crippen molar-refractivity contribution in [1.29, 1.82) is 0 Å². The van der Waals surface area contributed by atoms with Gasteiger partial charge in [0.25, 0.3) is 5.91 Å². The quantitative estimate of drug-likeness (QED) is 0.717. The average Bonchev–Trinajstić information content (AvgIpc) is 3.21. The van der Waals surface area contributed by atoms with Gasteiger partial charge in [0, 0.05) is 10.9 Å². The summed E-state index contributed by atoms with van der Waals surface area (Å²) in [5.41, 5.74) is 0.502. The SMILES string of the molecule is CCC(=O)N(Cc1ccco1)C1CC(=O)N(c2ccc(Br)cc2)C1=O. The fourth-order valence-electron chi connectivity index (χ4n) is 2.87. The van der Waals surface area contributed by atoms with Crippen molar-refractivity contribution < 1.29 is 18.8 Å². The van der Waals surface area contributed by atoms with Crippen molar-refractivity contribution in [3.63, 3.8) is 0 Å². The maximum Gasteiger partial charge on any atom is 0.257 e. The van der Waals surface area contributed by atoms with E-state index in [1.165, 1.54) is 11.2 Å². The second-order valence-electron chi connectivity index (χ2n) is 5.72. The highest BCUT2D eigenvalue weighted by molar-refractivity contribution is 9.10. The van der Waals surface area contributed by atoms with Gasteiger partial charge in [0.05, 0.1) is 24.9 Å². The molecule has 130 valence electrons. The molecule has 6 nitrogen and oxygen atoms in total. The van der Waals surface area contributed by atoms with E-state index in [2.05, 4.69) is 15.9 Å². The molecule has 1 aliphatic rings. The van der Waals surface area contributed by atoms with Crippen molar-refractivity contribution in [3.05, 3.63) is 52.9 Å². The summed E-state index contributed by atoms with van der Waals surface area (Å²) in [5, 5.41) is 0. The van der Waals surface area contributed by atoms with Gasteiger partial charge in [0.15, 0.2) is 0 Å². The second-order valence-corrected chi connectivity index (χ2v) is 6.63. The Morgan fingerprint density at radius 3 is 2.60 bits per heavy atom. The van der Waals surface area contributed by atoms with Crippen LogP contribution in [0.3, 0.4) is 0 Å². The zero-order valence-electron chi connectivity index (χ0n) is 13.6. The van der Waals surface area contributed by atoms with Gasteiger partial charge in [-0.1, -0.05) is 22.9 Å². The van der Waals surface area contributed by atoms with E-state index < -0.39 is 6.04 Å². The monoisotopic (exact) mass is 404 g/mol. The lowest BCUT2D eigenvalue weighted by Gasteiger charge is -2.26. The third-order valence-electron chi connectivity index (χ3n) is 4.11. The molecular formula is C18H17BrN2O4. The van der Waals surface area contributed by atoms with Gasteiger partial charge >= 0.3 is 0 Å². The number of hydrogen-bond acceptors (Lipinski definition) is 4. The number of halogens is 1. The Labute approximate surface area is 153 Å². The van der Waals surface area contributed by atoms with Gasteiger partial charge in [-0.15, -0.1) is 0 Å². The number of hydrogen-bond donors (Lipinski definition) is 0. The fraction of sp³-hybridized carbons (Fsp3) is 0.278. The summed E-state index contributed by atoms with van der Waals surface area (Å²) in [6, 6.07) is 9.57. The normalized spacial score (nSPS) is 17.2. The molecule has 0 N–H and O–H groups in total.